The van der Waals surface area contributed by atoms with E-state index in [2.05, 4.69) is 10.3 Å². The number of aryl methyl sites for hydroxylation is 1. The number of hydrogen-bond donors (Lipinski definition) is 2. The highest BCUT2D eigenvalue weighted by Crippen LogP contribution is 2.20. The summed E-state index contributed by atoms with van der Waals surface area (Å²) in [5, 5.41) is 3.11. The van der Waals surface area contributed by atoms with Crippen LogP contribution in [0, 0.1) is 6.92 Å². The molecule has 0 aliphatic carbocycles. The first kappa shape index (κ1) is 11.1. The van der Waals surface area contributed by atoms with Crippen molar-refractivity contribution in [3.8, 4) is 0 Å². The van der Waals surface area contributed by atoms with Crippen molar-refractivity contribution >= 4 is 17.4 Å². The lowest BCUT2D eigenvalue weighted by atomic mass is 10.2. The summed E-state index contributed by atoms with van der Waals surface area (Å²) in [4.78, 5) is 15.4. The van der Waals surface area contributed by atoms with E-state index in [-0.39, 0.29) is 0 Å². The van der Waals surface area contributed by atoms with Gasteiger partial charge >= 0.3 is 0 Å². The lowest BCUT2D eigenvalue weighted by Crippen LogP contribution is -2.14. The van der Waals surface area contributed by atoms with Crippen molar-refractivity contribution in [2.45, 2.75) is 6.92 Å². The van der Waals surface area contributed by atoms with E-state index < -0.39 is 5.91 Å². The molecule has 0 radical (unpaired) electrons. The Morgan fingerprint density at radius 1 is 1.24 bits per heavy atom. The predicted octanol–water partition coefficient (Wildman–Crippen LogP) is 2.23. The average Bonchev–Trinajstić information content (AvgIpc) is 2.32. The zero-order valence-electron chi connectivity index (χ0n) is 9.47. The van der Waals surface area contributed by atoms with Crippen LogP contribution < -0.4 is 11.1 Å². The number of primary amides is 1. The molecule has 1 amide bonds. The van der Waals surface area contributed by atoms with Crippen molar-refractivity contribution < 1.29 is 4.79 Å². The number of anilines is 2. The number of rotatable bonds is 3. The van der Waals surface area contributed by atoms with Gasteiger partial charge in [-0.15, -0.1) is 0 Å². The van der Waals surface area contributed by atoms with Crippen LogP contribution in [-0.2, 0) is 0 Å². The molecule has 0 saturated carbocycles. The normalized spacial score (nSPS) is 9.94. The Morgan fingerprint density at radius 2 is 2.00 bits per heavy atom. The van der Waals surface area contributed by atoms with E-state index in [9.17, 15) is 4.79 Å². The molecule has 17 heavy (non-hydrogen) atoms. The minimum atomic E-state index is -0.491. The van der Waals surface area contributed by atoms with Crippen LogP contribution in [0.3, 0.4) is 0 Å². The molecule has 4 heteroatoms. The van der Waals surface area contributed by atoms with Gasteiger partial charge in [0, 0.05) is 11.9 Å². The zero-order chi connectivity index (χ0) is 12.3. The Hall–Kier alpha value is -2.36. The van der Waals surface area contributed by atoms with Crippen LogP contribution in [0.15, 0.2) is 42.6 Å². The van der Waals surface area contributed by atoms with E-state index in [4.69, 9.17) is 5.73 Å². The van der Waals surface area contributed by atoms with Gasteiger partial charge in [-0.05, 0) is 30.7 Å². The SMILES string of the molecule is Cc1ccccc1Nc1ncccc1C(N)=O. The average molecular weight is 227 g/mol. The van der Waals surface area contributed by atoms with Crippen molar-refractivity contribution in [2.24, 2.45) is 5.73 Å². The molecule has 0 aliphatic rings. The molecule has 0 atom stereocenters. The van der Waals surface area contributed by atoms with Gasteiger partial charge in [-0.3, -0.25) is 4.79 Å². The summed E-state index contributed by atoms with van der Waals surface area (Å²) in [6, 6.07) is 11.1. The maximum atomic E-state index is 11.2. The lowest BCUT2D eigenvalue weighted by Gasteiger charge is -2.10. The fourth-order valence-electron chi connectivity index (χ4n) is 1.54. The van der Waals surface area contributed by atoms with Crippen LogP contribution in [0.25, 0.3) is 0 Å². The quantitative estimate of drug-likeness (QED) is 0.844. The minimum Gasteiger partial charge on any atom is -0.365 e. The molecule has 1 heterocycles. The Morgan fingerprint density at radius 3 is 2.71 bits per heavy atom. The van der Waals surface area contributed by atoms with E-state index in [1.807, 2.05) is 31.2 Å². The van der Waals surface area contributed by atoms with Gasteiger partial charge in [0.15, 0.2) is 0 Å². The highest BCUT2D eigenvalue weighted by Gasteiger charge is 2.09. The maximum Gasteiger partial charge on any atom is 0.252 e. The number of carbonyl (C=O) groups excluding carboxylic acids is 1. The number of aromatic nitrogens is 1. The van der Waals surface area contributed by atoms with Crippen LogP contribution in [0.5, 0.6) is 0 Å². The van der Waals surface area contributed by atoms with Crippen molar-refractivity contribution in [1.29, 1.82) is 0 Å². The number of amides is 1. The molecule has 86 valence electrons. The summed E-state index contributed by atoms with van der Waals surface area (Å²) < 4.78 is 0. The van der Waals surface area contributed by atoms with E-state index in [0.717, 1.165) is 11.3 Å². The molecule has 1 aromatic heterocycles. The van der Waals surface area contributed by atoms with Crippen molar-refractivity contribution in [1.82, 2.24) is 4.98 Å². The maximum absolute atomic E-state index is 11.2. The Labute approximate surface area is 99.5 Å². The number of nitrogens with two attached hydrogens (primary N) is 1. The van der Waals surface area contributed by atoms with Crippen LogP contribution in [0.2, 0.25) is 0 Å². The number of hydrogen-bond acceptors (Lipinski definition) is 3. The number of carbonyl (C=O) groups is 1. The van der Waals surface area contributed by atoms with Gasteiger partial charge in [0.1, 0.15) is 5.82 Å². The van der Waals surface area contributed by atoms with Crippen molar-refractivity contribution in [2.75, 3.05) is 5.32 Å². The van der Waals surface area contributed by atoms with Crippen LogP contribution in [0.4, 0.5) is 11.5 Å². The number of benzene rings is 1. The minimum absolute atomic E-state index is 0.385. The second-order valence-electron chi connectivity index (χ2n) is 3.70. The molecule has 0 saturated heterocycles. The Bertz CT molecular complexity index is 552. The second-order valence-corrected chi connectivity index (χ2v) is 3.70. The molecular weight excluding hydrogens is 214 g/mol. The molecule has 0 aliphatic heterocycles. The number of nitrogens with zero attached hydrogens (tertiary/aromatic N) is 1. The molecule has 0 fully saturated rings. The number of nitrogens with one attached hydrogen (secondary N) is 1. The van der Waals surface area contributed by atoms with Crippen molar-refractivity contribution in [3.63, 3.8) is 0 Å². The lowest BCUT2D eigenvalue weighted by molar-refractivity contribution is 0.100. The second kappa shape index (κ2) is 4.65. The Kier molecular flexibility index (Phi) is 3.05. The largest absolute Gasteiger partial charge is 0.365 e. The highest BCUT2D eigenvalue weighted by molar-refractivity contribution is 5.98. The molecule has 0 bridgehead atoms. The first-order valence-corrected chi connectivity index (χ1v) is 5.26. The summed E-state index contributed by atoms with van der Waals surface area (Å²) in [5.41, 5.74) is 7.66. The van der Waals surface area contributed by atoms with E-state index in [1.54, 1.807) is 18.3 Å². The van der Waals surface area contributed by atoms with Gasteiger partial charge in [-0.2, -0.15) is 0 Å². The Balaban J connectivity index is 2.37. The predicted molar refractivity (Wildman–Crippen MR) is 67.2 cm³/mol. The summed E-state index contributed by atoms with van der Waals surface area (Å²) in [5.74, 6) is -0.0107. The summed E-state index contributed by atoms with van der Waals surface area (Å²) in [7, 11) is 0. The highest BCUT2D eigenvalue weighted by atomic mass is 16.1. The molecule has 0 unspecified atom stereocenters. The van der Waals surface area contributed by atoms with E-state index in [0.29, 0.717) is 11.4 Å². The van der Waals surface area contributed by atoms with Crippen molar-refractivity contribution in [3.05, 3.63) is 53.7 Å². The third-order valence-corrected chi connectivity index (χ3v) is 2.47. The number of para-hydroxylation sites is 1. The fraction of sp³-hybridized carbons (Fsp3) is 0.0769. The van der Waals surface area contributed by atoms with Crippen LogP contribution in [0.1, 0.15) is 15.9 Å². The molecule has 1 aromatic carbocycles. The summed E-state index contributed by atoms with van der Waals surface area (Å²) in [6.45, 7) is 1.98. The van der Waals surface area contributed by atoms with Gasteiger partial charge in [0.05, 0.1) is 5.56 Å². The van der Waals surface area contributed by atoms with Crippen LogP contribution >= 0.6 is 0 Å². The van der Waals surface area contributed by atoms with Crippen LogP contribution in [-0.4, -0.2) is 10.9 Å². The first-order valence-electron chi connectivity index (χ1n) is 5.26. The summed E-state index contributed by atoms with van der Waals surface area (Å²) >= 11 is 0. The molecule has 2 rings (SSSR count). The van der Waals surface area contributed by atoms with Gasteiger partial charge < -0.3 is 11.1 Å². The third kappa shape index (κ3) is 2.42. The molecule has 3 N–H and O–H groups in total. The first-order chi connectivity index (χ1) is 8.18. The fourth-order valence-corrected chi connectivity index (χ4v) is 1.54. The standard InChI is InChI=1S/C13H13N3O/c1-9-5-2-3-7-11(9)16-13-10(12(14)17)6-4-8-15-13/h2-8H,1H3,(H2,14,17)(H,15,16). The van der Waals surface area contributed by atoms with Gasteiger partial charge in [0.2, 0.25) is 0 Å². The van der Waals surface area contributed by atoms with E-state index in [1.165, 1.54) is 0 Å². The molecule has 2 aromatic rings. The summed E-state index contributed by atoms with van der Waals surface area (Å²) in [6.07, 6.45) is 1.62. The molecular formula is C13H13N3O. The smallest absolute Gasteiger partial charge is 0.252 e. The third-order valence-electron chi connectivity index (χ3n) is 2.47. The van der Waals surface area contributed by atoms with Gasteiger partial charge in [0.25, 0.3) is 5.91 Å². The molecule has 0 spiro atoms. The zero-order valence-corrected chi connectivity index (χ0v) is 9.47. The van der Waals surface area contributed by atoms with Gasteiger partial charge in [-0.25, -0.2) is 4.98 Å². The van der Waals surface area contributed by atoms with Gasteiger partial charge in [-0.1, -0.05) is 18.2 Å². The monoisotopic (exact) mass is 227 g/mol. The molecule has 4 nitrogen and oxygen atoms in total. The van der Waals surface area contributed by atoms with E-state index >= 15 is 0 Å². The topological polar surface area (TPSA) is 68.0 Å². The number of pyridine rings is 1.